The summed E-state index contributed by atoms with van der Waals surface area (Å²) in [5, 5.41) is 10.1. The molecule has 0 radical (unpaired) electrons. The topological polar surface area (TPSA) is 131 Å². The van der Waals surface area contributed by atoms with Gasteiger partial charge < -0.3 is 33.0 Å². The maximum atomic E-state index is 12.6. The highest BCUT2D eigenvalue weighted by Crippen LogP contribution is 2.38. The van der Waals surface area contributed by atoms with E-state index in [9.17, 15) is 24.2 Å². The Hall–Kier alpha value is -1.55. The molecule has 0 amide bonds. The van der Waals surface area contributed by atoms with Crippen molar-refractivity contribution in [1.29, 1.82) is 0 Å². The summed E-state index contributed by atoms with van der Waals surface area (Å²) in [5.41, 5.74) is 0. The molecule has 10 nitrogen and oxygen atoms in total. The molecule has 0 aromatic heterocycles. The highest BCUT2D eigenvalue weighted by molar-refractivity contribution is 7.45. The zero-order chi connectivity index (χ0) is 38.1. The van der Waals surface area contributed by atoms with Crippen LogP contribution >= 0.6 is 7.82 Å². The number of ether oxygens (including phenoxy) is 2. The molecular formula is C40H76NO9P. The van der Waals surface area contributed by atoms with E-state index >= 15 is 0 Å². The van der Waals surface area contributed by atoms with Crippen molar-refractivity contribution in [2.45, 2.75) is 174 Å². The van der Waals surface area contributed by atoms with Gasteiger partial charge in [-0.05, 0) is 32.1 Å². The van der Waals surface area contributed by atoms with E-state index in [0.717, 1.165) is 51.4 Å². The molecule has 0 heterocycles. The van der Waals surface area contributed by atoms with Crippen molar-refractivity contribution in [1.82, 2.24) is 0 Å². The number of unbranched alkanes of at least 4 members (excludes halogenated alkanes) is 17. The smallest absolute Gasteiger partial charge is 0.306 e. The van der Waals surface area contributed by atoms with Gasteiger partial charge in [-0.25, -0.2) is 0 Å². The number of aliphatic hydroxyl groups is 1. The second kappa shape index (κ2) is 33.1. The lowest BCUT2D eigenvalue weighted by atomic mass is 10.1. The molecule has 1 N–H and O–H groups in total. The zero-order valence-electron chi connectivity index (χ0n) is 33.2. The fourth-order valence-corrected chi connectivity index (χ4v) is 6.05. The number of rotatable bonds is 36. The number of likely N-dealkylation sites (N-methyl/N-ethyl adjacent to an activating group) is 1. The van der Waals surface area contributed by atoms with Gasteiger partial charge in [-0.15, -0.1) is 0 Å². The first-order chi connectivity index (χ1) is 24.4. The molecule has 0 spiro atoms. The van der Waals surface area contributed by atoms with Gasteiger partial charge in [0.2, 0.25) is 0 Å². The lowest BCUT2D eigenvalue weighted by Crippen LogP contribution is -2.37. The standard InChI is InChI=1S/C40H76NO9P/c1-6-8-10-12-14-15-16-17-19-23-27-31-39(43)47-35-38(36-49-51(45,46)48-34-33-41(3,4)5)50-40(44)32-28-24-20-22-26-30-37(42)29-25-21-18-13-11-9-7-2/h18,21,25,29,37-38,42H,6-17,19-20,22-24,26-28,30-36H2,1-5H3/b21-18-,29-25+. The van der Waals surface area contributed by atoms with Crippen LogP contribution in [0.4, 0.5) is 0 Å². The second-order valence-corrected chi connectivity index (χ2v) is 16.3. The van der Waals surface area contributed by atoms with Crippen LogP contribution in [0.2, 0.25) is 0 Å². The van der Waals surface area contributed by atoms with E-state index in [0.29, 0.717) is 23.9 Å². The molecule has 0 aliphatic carbocycles. The van der Waals surface area contributed by atoms with Gasteiger partial charge in [-0.1, -0.05) is 141 Å². The third kappa shape index (κ3) is 36.6. The number of phosphoric ester groups is 1. The number of allylic oxidation sites excluding steroid dienone is 3. The second-order valence-electron chi connectivity index (χ2n) is 14.9. The zero-order valence-corrected chi connectivity index (χ0v) is 34.1. The number of esters is 2. The van der Waals surface area contributed by atoms with Crippen LogP contribution in [0.1, 0.15) is 162 Å². The van der Waals surface area contributed by atoms with Gasteiger partial charge in [-0.2, -0.15) is 0 Å². The highest BCUT2D eigenvalue weighted by Gasteiger charge is 2.21. The van der Waals surface area contributed by atoms with E-state index in [-0.39, 0.29) is 26.1 Å². The van der Waals surface area contributed by atoms with Crippen molar-refractivity contribution in [3.05, 3.63) is 24.3 Å². The number of quaternary nitrogens is 1. The minimum Gasteiger partial charge on any atom is -0.756 e. The number of aliphatic hydroxyl groups excluding tert-OH is 1. The van der Waals surface area contributed by atoms with Crippen molar-refractivity contribution in [3.8, 4) is 0 Å². The summed E-state index contributed by atoms with van der Waals surface area (Å²) in [6, 6.07) is 0. The Morgan fingerprint density at radius 3 is 1.82 bits per heavy atom. The van der Waals surface area contributed by atoms with Gasteiger partial charge in [0, 0.05) is 12.8 Å². The summed E-state index contributed by atoms with van der Waals surface area (Å²) in [6.07, 6.45) is 29.4. The number of phosphoric acid groups is 1. The van der Waals surface area contributed by atoms with Crippen molar-refractivity contribution in [2.75, 3.05) is 47.5 Å². The lowest BCUT2D eigenvalue weighted by Gasteiger charge is -2.28. The van der Waals surface area contributed by atoms with Crippen molar-refractivity contribution >= 4 is 19.8 Å². The van der Waals surface area contributed by atoms with Crippen LogP contribution in [0.5, 0.6) is 0 Å². The molecule has 0 saturated carbocycles. The fraction of sp³-hybridized carbons (Fsp3) is 0.850. The predicted octanol–water partition coefficient (Wildman–Crippen LogP) is 9.13. The van der Waals surface area contributed by atoms with Gasteiger partial charge in [0.05, 0.1) is 33.9 Å². The Morgan fingerprint density at radius 2 is 1.24 bits per heavy atom. The van der Waals surface area contributed by atoms with E-state index in [2.05, 4.69) is 19.9 Å². The van der Waals surface area contributed by atoms with E-state index in [1.54, 1.807) is 0 Å². The minimum atomic E-state index is -4.64. The van der Waals surface area contributed by atoms with Gasteiger partial charge in [0.25, 0.3) is 7.82 Å². The molecule has 11 heteroatoms. The van der Waals surface area contributed by atoms with Gasteiger partial charge in [0.15, 0.2) is 6.10 Å². The van der Waals surface area contributed by atoms with Crippen LogP contribution < -0.4 is 4.89 Å². The Morgan fingerprint density at radius 1 is 0.706 bits per heavy atom. The summed E-state index contributed by atoms with van der Waals surface area (Å²) < 4.78 is 33.7. The van der Waals surface area contributed by atoms with Crippen LogP contribution in [0, 0.1) is 0 Å². The molecule has 0 saturated heterocycles. The van der Waals surface area contributed by atoms with E-state index in [1.165, 1.54) is 70.6 Å². The minimum absolute atomic E-state index is 0.0468. The molecule has 300 valence electrons. The van der Waals surface area contributed by atoms with E-state index in [1.807, 2.05) is 39.4 Å². The maximum absolute atomic E-state index is 12.6. The third-order valence-electron chi connectivity index (χ3n) is 8.58. The molecule has 0 aromatic rings. The quantitative estimate of drug-likeness (QED) is 0.0219. The van der Waals surface area contributed by atoms with Crippen LogP contribution in [0.3, 0.4) is 0 Å². The number of nitrogens with zero attached hydrogens (tertiary/aromatic N) is 1. The molecular weight excluding hydrogens is 669 g/mol. The van der Waals surface area contributed by atoms with Crippen LogP contribution in [0.25, 0.3) is 0 Å². The van der Waals surface area contributed by atoms with Crippen molar-refractivity contribution in [3.63, 3.8) is 0 Å². The van der Waals surface area contributed by atoms with Crippen molar-refractivity contribution < 1.29 is 47.2 Å². The maximum Gasteiger partial charge on any atom is 0.306 e. The number of carbonyl (C=O) groups is 2. The monoisotopic (exact) mass is 746 g/mol. The fourth-order valence-electron chi connectivity index (χ4n) is 5.32. The van der Waals surface area contributed by atoms with Gasteiger partial charge in [0.1, 0.15) is 19.8 Å². The normalized spacial score (nSPS) is 14.6. The molecule has 0 aromatic carbocycles. The highest BCUT2D eigenvalue weighted by atomic mass is 31.2. The molecule has 0 fully saturated rings. The Labute approximate surface area is 311 Å². The Kier molecular flexibility index (Phi) is 32.0. The lowest BCUT2D eigenvalue weighted by molar-refractivity contribution is -0.870. The first-order valence-electron chi connectivity index (χ1n) is 20.2. The Bertz CT molecular complexity index is 951. The number of hydrogen-bond acceptors (Lipinski definition) is 9. The molecule has 51 heavy (non-hydrogen) atoms. The molecule has 0 aliphatic heterocycles. The molecule has 0 bridgehead atoms. The summed E-state index contributed by atoms with van der Waals surface area (Å²) in [5.74, 6) is -0.907. The molecule has 3 atom stereocenters. The molecule has 0 rings (SSSR count). The van der Waals surface area contributed by atoms with Crippen LogP contribution in [-0.2, 0) is 32.7 Å². The van der Waals surface area contributed by atoms with E-state index < -0.39 is 38.6 Å². The molecule has 3 unspecified atom stereocenters. The third-order valence-corrected chi connectivity index (χ3v) is 9.54. The summed E-state index contributed by atoms with van der Waals surface area (Å²) >= 11 is 0. The number of carbonyl (C=O) groups excluding carboxylic acids is 2. The average molecular weight is 746 g/mol. The summed E-state index contributed by atoms with van der Waals surface area (Å²) in [6.45, 7) is 4.05. The molecule has 0 aliphatic rings. The number of hydrogen-bond donors (Lipinski definition) is 1. The van der Waals surface area contributed by atoms with Gasteiger partial charge in [-0.3, -0.25) is 14.2 Å². The van der Waals surface area contributed by atoms with Gasteiger partial charge >= 0.3 is 11.9 Å². The predicted molar refractivity (Wildman–Crippen MR) is 205 cm³/mol. The van der Waals surface area contributed by atoms with Crippen LogP contribution in [-0.4, -0.2) is 81.2 Å². The Balaban J connectivity index is 4.50. The SMILES string of the molecule is CCCCC/C=C\C=C\C(O)CCCCCCCC(=O)OC(COC(=O)CCCCCCCCCCCCC)COP(=O)([O-])OCC[N+](C)(C)C. The van der Waals surface area contributed by atoms with Crippen molar-refractivity contribution in [2.24, 2.45) is 0 Å². The van der Waals surface area contributed by atoms with Crippen LogP contribution in [0.15, 0.2) is 24.3 Å². The first-order valence-corrected chi connectivity index (χ1v) is 21.6. The summed E-state index contributed by atoms with van der Waals surface area (Å²) in [7, 11) is 1.11. The largest absolute Gasteiger partial charge is 0.756 e. The summed E-state index contributed by atoms with van der Waals surface area (Å²) in [4.78, 5) is 37.4. The first kappa shape index (κ1) is 49.5. The average Bonchev–Trinajstić information content (AvgIpc) is 3.06. The van der Waals surface area contributed by atoms with E-state index in [4.69, 9.17) is 18.5 Å².